The van der Waals surface area contributed by atoms with Crippen LogP contribution in [0, 0.1) is 6.92 Å². The number of halogens is 1. The van der Waals surface area contributed by atoms with E-state index in [9.17, 15) is 0 Å². The number of aryl methyl sites for hydroxylation is 1. The first-order valence-electron chi connectivity index (χ1n) is 6.75. The Morgan fingerprint density at radius 3 is 2.55 bits per heavy atom. The van der Waals surface area contributed by atoms with Gasteiger partial charge in [-0.25, -0.2) is 9.97 Å². The Hall–Kier alpha value is -1.62. The third-order valence-corrected chi connectivity index (χ3v) is 4.24. The number of benzene rings is 1. The van der Waals surface area contributed by atoms with Crippen LogP contribution in [0.2, 0.25) is 0 Å². The zero-order chi connectivity index (χ0) is 14.1. The molecule has 1 aromatic heterocycles. The van der Waals surface area contributed by atoms with Crippen molar-refractivity contribution in [3.05, 3.63) is 40.1 Å². The van der Waals surface area contributed by atoms with Crippen LogP contribution in [0.1, 0.15) is 30.1 Å². The van der Waals surface area contributed by atoms with E-state index in [0.29, 0.717) is 5.92 Å². The van der Waals surface area contributed by atoms with Crippen molar-refractivity contribution in [2.24, 2.45) is 0 Å². The fraction of sp³-hybridized carbons (Fsp3) is 0.333. The second kappa shape index (κ2) is 5.40. The summed E-state index contributed by atoms with van der Waals surface area (Å²) in [6.45, 7) is 2.07. The molecule has 20 heavy (non-hydrogen) atoms. The molecule has 104 valence electrons. The first kappa shape index (κ1) is 13.4. The number of aromatic nitrogens is 2. The van der Waals surface area contributed by atoms with Gasteiger partial charge in [-0.05, 0) is 37.5 Å². The quantitative estimate of drug-likeness (QED) is 0.880. The smallest absolute Gasteiger partial charge is 0.136 e. The molecule has 0 saturated heterocycles. The maximum Gasteiger partial charge on any atom is 0.136 e. The van der Waals surface area contributed by atoms with Crippen LogP contribution in [0.3, 0.4) is 0 Å². The fourth-order valence-corrected chi connectivity index (χ4v) is 2.38. The van der Waals surface area contributed by atoms with Crippen molar-refractivity contribution in [2.75, 3.05) is 17.7 Å². The zero-order valence-electron chi connectivity index (χ0n) is 11.6. The van der Waals surface area contributed by atoms with Crippen LogP contribution in [0.25, 0.3) is 0 Å². The summed E-state index contributed by atoms with van der Waals surface area (Å²) in [5.74, 6) is 3.16. The molecule has 0 atom stereocenters. The average molecular weight is 333 g/mol. The van der Waals surface area contributed by atoms with E-state index in [1.165, 1.54) is 18.4 Å². The lowest BCUT2D eigenvalue weighted by Crippen LogP contribution is -2.03. The number of hydrogen-bond acceptors (Lipinski definition) is 4. The van der Waals surface area contributed by atoms with Gasteiger partial charge in [0.05, 0.1) is 0 Å². The number of hydrogen-bond donors (Lipinski definition) is 2. The lowest BCUT2D eigenvalue weighted by molar-refractivity contribution is 0.932. The van der Waals surface area contributed by atoms with Crippen molar-refractivity contribution >= 4 is 33.3 Å². The zero-order valence-corrected chi connectivity index (χ0v) is 13.2. The molecule has 1 fully saturated rings. The maximum atomic E-state index is 4.61. The van der Waals surface area contributed by atoms with Gasteiger partial charge in [-0.1, -0.05) is 22.0 Å². The van der Waals surface area contributed by atoms with Gasteiger partial charge in [0, 0.05) is 29.2 Å². The highest BCUT2D eigenvalue weighted by Crippen LogP contribution is 2.39. The van der Waals surface area contributed by atoms with Gasteiger partial charge < -0.3 is 10.6 Å². The number of anilines is 3. The summed E-state index contributed by atoms with van der Waals surface area (Å²) in [5.41, 5.74) is 2.23. The topological polar surface area (TPSA) is 49.8 Å². The number of rotatable bonds is 4. The molecule has 1 saturated carbocycles. The number of nitrogens with zero attached hydrogens (tertiary/aromatic N) is 2. The molecule has 2 N–H and O–H groups in total. The van der Waals surface area contributed by atoms with Crippen molar-refractivity contribution in [3.63, 3.8) is 0 Å². The van der Waals surface area contributed by atoms with Crippen molar-refractivity contribution in [2.45, 2.75) is 25.7 Å². The maximum absolute atomic E-state index is 4.61. The van der Waals surface area contributed by atoms with Crippen LogP contribution in [0.4, 0.5) is 17.3 Å². The first-order valence-corrected chi connectivity index (χ1v) is 7.55. The molecule has 1 aliphatic rings. The van der Waals surface area contributed by atoms with Gasteiger partial charge in [-0.2, -0.15) is 0 Å². The normalized spacial score (nSPS) is 14.2. The second-order valence-electron chi connectivity index (χ2n) is 5.11. The van der Waals surface area contributed by atoms with E-state index in [1.54, 1.807) is 0 Å². The molecule has 2 aromatic rings. The van der Waals surface area contributed by atoms with E-state index in [1.807, 2.05) is 13.1 Å². The van der Waals surface area contributed by atoms with E-state index < -0.39 is 0 Å². The molecule has 0 radical (unpaired) electrons. The van der Waals surface area contributed by atoms with Crippen LogP contribution in [-0.4, -0.2) is 17.0 Å². The van der Waals surface area contributed by atoms with Crippen molar-refractivity contribution in [3.8, 4) is 0 Å². The van der Waals surface area contributed by atoms with Gasteiger partial charge in [0.2, 0.25) is 0 Å². The Bertz CT molecular complexity index is 638. The largest absolute Gasteiger partial charge is 0.373 e. The third-order valence-electron chi connectivity index (χ3n) is 3.39. The molecule has 0 spiro atoms. The molecule has 4 nitrogen and oxygen atoms in total. The highest BCUT2D eigenvalue weighted by Gasteiger charge is 2.27. The van der Waals surface area contributed by atoms with E-state index in [-0.39, 0.29) is 0 Å². The van der Waals surface area contributed by atoms with Crippen molar-refractivity contribution in [1.29, 1.82) is 0 Å². The van der Waals surface area contributed by atoms with Crippen molar-refractivity contribution < 1.29 is 0 Å². The van der Waals surface area contributed by atoms with E-state index >= 15 is 0 Å². The minimum Gasteiger partial charge on any atom is -0.373 e. The van der Waals surface area contributed by atoms with Gasteiger partial charge in [0.25, 0.3) is 0 Å². The standard InChI is InChI=1S/C15H17BrN4/c1-9-3-6-11(7-12(9)16)18-14-8-13(17-2)19-15(20-14)10-4-5-10/h3,6-8,10H,4-5H2,1-2H3,(H2,17,18,19,20). The predicted molar refractivity (Wildman–Crippen MR) is 85.7 cm³/mol. The monoisotopic (exact) mass is 332 g/mol. The van der Waals surface area contributed by atoms with E-state index in [4.69, 9.17) is 0 Å². The molecular weight excluding hydrogens is 316 g/mol. The fourth-order valence-electron chi connectivity index (χ4n) is 2.00. The van der Waals surface area contributed by atoms with Gasteiger partial charge in [-0.15, -0.1) is 0 Å². The number of nitrogens with one attached hydrogen (secondary N) is 2. The predicted octanol–water partition coefficient (Wildman–Crippen LogP) is 4.21. The van der Waals surface area contributed by atoms with Crippen LogP contribution in [0.15, 0.2) is 28.7 Å². The molecule has 1 heterocycles. The molecule has 5 heteroatoms. The highest BCUT2D eigenvalue weighted by molar-refractivity contribution is 9.10. The molecule has 0 aliphatic heterocycles. The lowest BCUT2D eigenvalue weighted by Gasteiger charge is -2.10. The Labute approximate surface area is 127 Å². The van der Waals surface area contributed by atoms with Crippen molar-refractivity contribution in [1.82, 2.24) is 9.97 Å². The van der Waals surface area contributed by atoms with Gasteiger partial charge in [0.1, 0.15) is 17.5 Å². The van der Waals surface area contributed by atoms with Crippen LogP contribution >= 0.6 is 15.9 Å². The first-order chi connectivity index (χ1) is 9.65. The molecule has 3 rings (SSSR count). The molecule has 0 unspecified atom stereocenters. The Morgan fingerprint density at radius 1 is 1.15 bits per heavy atom. The molecule has 1 aromatic carbocycles. The Morgan fingerprint density at radius 2 is 1.90 bits per heavy atom. The van der Waals surface area contributed by atoms with Crippen LogP contribution in [0.5, 0.6) is 0 Å². The SMILES string of the molecule is CNc1cc(Nc2ccc(C)c(Br)c2)nc(C2CC2)n1. The molecular formula is C15H17BrN4. The lowest BCUT2D eigenvalue weighted by atomic mass is 10.2. The summed E-state index contributed by atoms with van der Waals surface area (Å²) in [7, 11) is 1.88. The van der Waals surface area contributed by atoms with Gasteiger partial charge >= 0.3 is 0 Å². The minimum absolute atomic E-state index is 0.536. The molecule has 0 amide bonds. The molecule has 0 bridgehead atoms. The minimum atomic E-state index is 0.536. The third kappa shape index (κ3) is 2.93. The molecule has 1 aliphatic carbocycles. The second-order valence-corrected chi connectivity index (χ2v) is 5.96. The Kier molecular flexibility index (Phi) is 3.61. The summed E-state index contributed by atoms with van der Waals surface area (Å²) in [5, 5.41) is 6.44. The van der Waals surface area contributed by atoms with Gasteiger partial charge in [0.15, 0.2) is 0 Å². The van der Waals surface area contributed by atoms with Crippen LogP contribution < -0.4 is 10.6 Å². The summed E-state index contributed by atoms with van der Waals surface area (Å²) < 4.78 is 1.09. The average Bonchev–Trinajstić information content (AvgIpc) is 3.27. The van der Waals surface area contributed by atoms with Gasteiger partial charge in [-0.3, -0.25) is 0 Å². The summed E-state index contributed by atoms with van der Waals surface area (Å²) >= 11 is 3.55. The Balaban J connectivity index is 1.88. The van der Waals surface area contributed by atoms with E-state index in [0.717, 1.165) is 27.6 Å². The van der Waals surface area contributed by atoms with E-state index in [2.05, 4.69) is 61.7 Å². The summed E-state index contributed by atoms with van der Waals surface area (Å²) in [6.07, 6.45) is 2.39. The highest BCUT2D eigenvalue weighted by atomic mass is 79.9. The summed E-state index contributed by atoms with van der Waals surface area (Å²) in [6, 6.07) is 8.12. The van der Waals surface area contributed by atoms with Crippen LogP contribution in [-0.2, 0) is 0 Å². The summed E-state index contributed by atoms with van der Waals surface area (Å²) in [4.78, 5) is 9.13.